The van der Waals surface area contributed by atoms with Crippen molar-refractivity contribution >= 4 is 5.91 Å². The number of ether oxygens (including phenoxy) is 1. The normalized spacial score (nSPS) is 23.8. The first-order valence-electron chi connectivity index (χ1n) is 8.47. The maximum absolute atomic E-state index is 12.7. The summed E-state index contributed by atoms with van der Waals surface area (Å²) in [7, 11) is 3.47. The topological polar surface area (TPSA) is 56.2 Å². The number of carbonyl (C=O) groups is 1. The average Bonchev–Trinajstić information content (AvgIpc) is 3.10. The minimum absolute atomic E-state index is 0.0123. The monoisotopic (exact) mass is 305 g/mol. The molecule has 22 heavy (non-hydrogen) atoms. The van der Waals surface area contributed by atoms with Gasteiger partial charge in [0.15, 0.2) is 0 Å². The number of rotatable bonds is 4. The molecule has 1 atom stereocenters. The smallest absolute Gasteiger partial charge is 0.255 e. The highest BCUT2D eigenvalue weighted by molar-refractivity contribution is 5.95. The Morgan fingerprint density at radius 2 is 2.05 bits per heavy atom. The number of nitrogens with one attached hydrogen (secondary N) is 1. The van der Waals surface area contributed by atoms with Crippen molar-refractivity contribution in [3.63, 3.8) is 0 Å². The van der Waals surface area contributed by atoms with Gasteiger partial charge in [0.1, 0.15) is 5.69 Å². The van der Waals surface area contributed by atoms with Gasteiger partial charge in [-0.25, -0.2) is 0 Å². The molecule has 1 amide bonds. The Hall–Kier alpha value is -1.36. The third-order valence-electron chi connectivity index (χ3n) is 5.49. The second kappa shape index (κ2) is 6.41. The molecule has 1 spiro atoms. The van der Waals surface area contributed by atoms with Crippen molar-refractivity contribution < 1.29 is 9.53 Å². The lowest BCUT2D eigenvalue weighted by Crippen LogP contribution is -2.48. The Morgan fingerprint density at radius 1 is 1.36 bits per heavy atom. The molecule has 2 fully saturated rings. The molecule has 2 aliphatic rings. The van der Waals surface area contributed by atoms with Crippen molar-refractivity contribution in [3.05, 3.63) is 17.5 Å². The molecule has 0 aromatic carbocycles. The SMILES string of the molecule is COCc1nn(C)cc1C(=O)N[C@H]1CCCCC12CCCC2. The Kier molecular flexibility index (Phi) is 4.52. The van der Waals surface area contributed by atoms with Gasteiger partial charge < -0.3 is 10.1 Å². The summed E-state index contributed by atoms with van der Waals surface area (Å²) in [5.41, 5.74) is 1.74. The molecule has 0 radical (unpaired) electrons. The van der Waals surface area contributed by atoms with Crippen LogP contribution in [0.2, 0.25) is 0 Å². The molecule has 0 saturated heterocycles. The number of aryl methyl sites for hydroxylation is 1. The summed E-state index contributed by atoms with van der Waals surface area (Å²) in [6, 6.07) is 0.326. The zero-order valence-electron chi connectivity index (χ0n) is 13.7. The Morgan fingerprint density at radius 3 is 2.73 bits per heavy atom. The van der Waals surface area contributed by atoms with Gasteiger partial charge in [-0.3, -0.25) is 9.48 Å². The number of aromatic nitrogens is 2. The van der Waals surface area contributed by atoms with Gasteiger partial charge in [0.05, 0.1) is 12.2 Å². The third kappa shape index (κ3) is 2.91. The minimum Gasteiger partial charge on any atom is -0.378 e. The fraction of sp³-hybridized carbons (Fsp3) is 0.765. The van der Waals surface area contributed by atoms with E-state index in [2.05, 4.69) is 10.4 Å². The fourth-order valence-corrected chi connectivity index (χ4v) is 4.41. The summed E-state index contributed by atoms with van der Waals surface area (Å²) < 4.78 is 6.85. The van der Waals surface area contributed by atoms with Crippen molar-refractivity contribution in [2.45, 2.75) is 64.0 Å². The zero-order valence-corrected chi connectivity index (χ0v) is 13.7. The highest BCUT2D eigenvalue weighted by Crippen LogP contribution is 2.49. The van der Waals surface area contributed by atoms with Gasteiger partial charge in [-0.1, -0.05) is 25.7 Å². The number of nitrogens with zero attached hydrogens (tertiary/aromatic N) is 2. The standard InChI is InChI=1S/C17H27N3O2/c1-20-11-13(14(19-20)12-22-2)16(21)18-15-7-3-4-8-17(15)9-5-6-10-17/h11,15H,3-10,12H2,1-2H3,(H,18,21)/t15-/m0/s1. The molecule has 5 nitrogen and oxygen atoms in total. The van der Waals surface area contributed by atoms with Gasteiger partial charge in [-0.05, 0) is 31.1 Å². The van der Waals surface area contributed by atoms with Crippen molar-refractivity contribution in [3.8, 4) is 0 Å². The minimum atomic E-state index is 0.0123. The van der Waals surface area contributed by atoms with Crippen molar-refractivity contribution in [1.29, 1.82) is 0 Å². The molecular weight excluding hydrogens is 278 g/mol. The van der Waals surface area contributed by atoms with Gasteiger partial charge in [0, 0.05) is 26.4 Å². The molecular formula is C17H27N3O2. The maximum Gasteiger partial charge on any atom is 0.255 e. The summed E-state index contributed by atoms with van der Waals surface area (Å²) in [6.45, 7) is 0.374. The van der Waals surface area contributed by atoms with Crippen LogP contribution in [0.3, 0.4) is 0 Å². The summed E-state index contributed by atoms with van der Waals surface area (Å²) >= 11 is 0. The lowest BCUT2D eigenvalue weighted by Gasteiger charge is -2.42. The van der Waals surface area contributed by atoms with E-state index in [1.54, 1.807) is 18.0 Å². The number of carbonyl (C=O) groups excluding carboxylic acids is 1. The Bertz CT molecular complexity index is 532. The van der Waals surface area contributed by atoms with E-state index < -0.39 is 0 Å². The van der Waals surface area contributed by atoms with E-state index in [4.69, 9.17) is 4.74 Å². The van der Waals surface area contributed by atoms with Crippen LogP contribution in [-0.2, 0) is 18.4 Å². The zero-order chi connectivity index (χ0) is 15.6. The molecule has 1 N–H and O–H groups in total. The van der Waals surface area contributed by atoms with Crippen LogP contribution in [0.25, 0.3) is 0 Å². The first kappa shape index (κ1) is 15.5. The van der Waals surface area contributed by atoms with E-state index in [0.29, 0.717) is 23.6 Å². The van der Waals surface area contributed by atoms with Crippen molar-refractivity contribution in [2.24, 2.45) is 12.5 Å². The molecule has 0 aliphatic heterocycles. The van der Waals surface area contributed by atoms with Gasteiger partial charge in [0.25, 0.3) is 5.91 Å². The quantitative estimate of drug-likeness (QED) is 0.930. The molecule has 1 heterocycles. The Balaban J connectivity index is 1.75. The fourth-order valence-electron chi connectivity index (χ4n) is 4.41. The first-order valence-corrected chi connectivity index (χ1v) is 8.47. The maximum atomic E-state index is 12.7. The summed E-state index contributed by atoms with van der Waals surface area (Å²) in [4.78, 5) is 12.7. The van der Waals surface area contributed by atoms with Gasteiger partial charge in [-0.2, -0.15) is 5.10 Å². The summed E-state index contributed by atoms with van der Waals surface area (Å²) in [6.07, 6.45) is 11.9. The third-order valence-corrected chi connectivity index (χ3v) is 5.49. The van der Waals surface area contributed by atoms with Crippen LogP contribution in [0.4, 0.5) is 0 Å². The summed E-state index contributed by atoms with van der Waals surface area (Å²) in [5, 5.41) is 7.67. The molecule has 1 aromatic heterocycles. The number of hydrogen-bond donors (Lipinski definition) is 1. The van der Waals surface area contributed by atoms with Gasteiger partial charge in [-0.15, -0.1) is 0 Å². The van der Waals surface area contributed by atoms with E-state index in [0.717, 1.165) is 12.1 Å². The Labute approximate surface area is 132 Å². The van der Waals surface area contributed by atoms with Crippen molar-refractivity contribution in [2.75, 3.05) is 7.11 Å². The van der Waals surface area contributed by atoms with Crippen LogP contribution in [0.5, 0.6) is 0 Å². The van der Waals surface area contributed by atoms with Crippen molar-refractivity contribution in [1.82, 2.24) is 15.1 Å². The predicted octanol–water partition coefficient (Wildman–Crippen LogP) is 2.80. The molecule has 3 rings (SSSR count). The summed E-state index contributed by atoms with van der Waals surface area (Å²) in [5.74, 6) is 0.0123. The van der Waals surface area contributed by atoms with E-state index in [1.165, 1.54) is 44.9 Å². The van der Waals surface area contributed by atoms with Gasteiger partial charge >= 0.3 is 0 Å². The first-order chi connectivity index (χ1) is 10.6. The predicted molar refractivity (Wildman–Crippen MR) is 84.5 cm³/mol. The molecule has 122 valence electrons. The van der Waals surface area contributed by atoms with E-state index in [1.807, 2.05) is 7.05 Å². The van der Waals surface area contributed by atoms with E-state index >= 15 is 0 Å². The van der Waals surface area contributed by atoms with Crippen LogP contribution >= 0.6 is 0 Å². The number of amides is 1. The largest absolute Gasteiger partial charge is 0.378 e. The van der Waals surface area contributed by atoms with Crippen LogP contribution < -0.4 is 5.32 Å². The van der Waals surface area contributed by atoms with E-state index in [9.17, 15) is 4.79 Å². The highest BCUT2D eigenvalue weighted by Gasteiger charge is 2.43. The second-order valence-corrected chi connectivity index (χ2v) is 6.94. The van der Waals surface area contributed by atoms with E-state index in [-0.39, 0.29) is 5.91 Å². The molecule has 2 saturated carbocycles. The lowest BCUT2D eigenvalue weighted by molar-refractivity contribution is 0.0801. The van der Waals surface area contributed by atoms with Crippen LogP contribution in [0.1, 0.15) is 67.4 Å². The highest BCUT2D eigenvalue weighted by atomic mass is 16.5. The van der Waals surface area contributed by atoms with Gasteiger partial charge in [0.2, 0.25) is 0 Å². The lowest BCUT2D eigenvalue weighted by atomic mass is 9.69. The molecule has 0 bridgehead atoms. The average molecular weight is 305 g/mol. The molecule has 2 aliphatic carbocycles. The van der Waals surface area contributed by atoms with Crippen LogP contribution in [0, 0.1) is 5.41 Å². The molecule has 0 unspecified atom stereocenters. The molecule has 5 heteroatoms. The van der Waals surface area contributed by atoms with Crippen LogP contribution in [-0.4, -0.2) is 28.8 Å². The number of methoxy groups -OCH3 is 1. The molecule has 1 aromatic rings. The second-order valence-electron chi connectivity index (χ2n) is 6.94. The number of hydrogen-bond acceptors (Lipinski definition) is 3. The van der Waals surface area contributed by atoms with Crippen LogP contribution in [0.15, 0.2) is 6.20 Å².